The molecule has 5 nitrogen and oxygen atoms in total. The zero-order valence-corrected chi connectivity index (χ0v) is 17.2. The van der Waals surface area contributed by atoms with Gasteiger partial charge in [-0.3, -0.25) is 9.79 Å². The molecule has 0 heterocycles. The highest BCUT2D eigenvalue weighted by atomic mass is 127. The van der Waals surface area contributed by atoms with Crippen LogP contribution >= 0.6 is 24.0 Å². The molecule has 0 radical (unpaired) electrons. The molecule has 2 rings (SSSR count). The third kappa shape index (κ3) is 7.07. The van der Waals surface area contributed by atoms with Crippen LogP contribution in [0.5, 0.6) is 0 Å². The van der Waals surface area contributed by atoms with Gasteiger partial charge in [-0.25, -0.2) is 0 Å². The van der Waals surface area contributed by atoms with Gasteiger partial charge < -0.3 is 15.5 Å². The lowest BCUT2D eigenvalue weighted by atomic mass is 10.1. The third-order valence-electron chi connectivity index (χ3n) is 4.07. The zero-order chi connectivity index (χ0) is 16.7. The maximum absolute atomic E-state index is 11.8. The van der Waals surface area contributed by atoms with E-state index in [1.807, 2.05) is 24.3 Å². The van der Waals surface area contributed by atoms with Gasteiger partial charge in [-0.05, 0) is 36.5 Å². The molecule has 0 aliphatic heterocycles. The number of carbonyl (C=O) groups excluding carboxylic acids is 1. The van der Waals surface area contributed by atoms with E-state index in [1.54, 1.807) is 26.0 Å². The van der Waals surface area contributed by atoms with Crippen LogP contribution < -0.4 is 10.6 Å². The van der Waals surface area contributed by atoms with Crippen molar-refractivity contribution in [2.75, 3.05) is 27.7 Å². The largest absolute Gasteiger partial charge is 0.356 e. The summed E-state index contributed by atoms with van der Waals surface area (Å²) in [5.74, 6) is 1.84. The van der Waals surface area contributed by atoms with Gasteiger partial charge >= 0.3 is 0 Å². The number of rotatable bonds is 7. The molecule has 0 spiro atoms. The first-order valence-corrected chi connectivity index (χ1v) is 8.35. The Labute approximate surface area is 162 Å². The van der Waals surface area contributed by atoms with Crippen molar-refractivity contribution in [1.82, 2.24) is 15.5 Å². The fourth-order valence-corrected chi connectivity index (χ4v) is 2.43. The summed E-state index contributed by atoms with van der Waals surface area (Å²) in [6.07, 6.45) is 5.36. The minimum absolute atomic E-state index is 0. The molecule has 2 N–H and O–H groups in total. The maximum Gasteiger partial charge on any atom is 0.253 e. The van der Waals surface area contributed by atoms with E-state index in [4.69, 9.17) is 0 Å². The summed E-state index contributed by atoms with van der Waals surface area (Å²) in [6.45, 7) is 1.66. The van der Waals surface area contributed by atoms with Crippen molar-refractivity contribution < 1.29 is 4.79 Å². The predicted molar refractivity (Wildman–Crippen MR) is 110 cm³/mol. The zero-order valence-electron chi connectivity index (χ0n) is 14.8. The average molecular weight is 444 g/mol. The third-order valence-corrected chi connectivity index (χ3v) is 4.07. The summed E-state index contributed by atoms with van der Waals surface area (Å²) in [4.78, 5) is 17.7. The molecule has 24 heavy (non-hydrogen) atoms. The van der Waals surface area contributed by atoms with Gasteiger partial charge in [0.2, 0.25) is 0 Å². The molecule has 6 heteroatoms. The van der Waals surface area contributed by atoms with Crippen molar-refractivity contribution in [3.8, 4) is 0 Å². The molecule has 1 aromatic rings. The Hall–Kier alpha value is -1.31. The van der Waals surface area contributed by atoms with E-state index in [-0.39, 0.29) is 29.9 Å². The van der Waals surface area contributed by atoms with Gasteiger partial charge in [0.15, 0.2) is 5.96 Å². The van der Waals surface area contributed by atoms with Gasteiger partial charge in [0.25, 0.3) is 5.91 Å². The lowest BCUT2D eigenvalue weighted by Crippen LogP contribution is -2.37. The van der Waals surface area contributed by atoms with Crippen molar-refractivity contribution in [2.45, 2.75) is 32.2 Å². The molecule has 1 saturated carbocycles. The SMILES string of the molecule is CN=C(NCCCC1CC1)NCc1ccc(C(=O)N(C)C)cc1.I. The van der Waals surface area contributed by atoms with Gasteiger partial charge in [0, 0.05) is 39.8 Å². The fraction of sp³-hybridized carbons (Fsp3) is 0.556. The highest BCUT2D eigenvalue weighted by molar-refractivity contribution is 14.0. The van der Waals surface area contributed by atoms with E-state index in [9.17, 15) is 4.79 Å². The Bertz CT molecular complexity index is 538. The predicted octanol–water partition coefficient (Wildman–Crippen LogP) is 2.86. The highest BCUT2D eigenvalue weighted by Gasteiger charge is 2.19. The van der Waals surface area contributed by atoms with Crippen LogP contribution in [0.1, 0.15) is 41.6 Å². The molecule has 1 aliphatic carbocycles. The van der Waals surface area contributed by atoms with Gasteiger partial charge in [-0.2, -0.15) is 0 Å². The number of hydrogen-bond donors (Lipinski definition) is 2. The molecule has 1 aromatic carbocycles. The lowest BCUT2D eigenvalue weighted by molar-refractivity contribution is 0.0827. The van der Waals surface area contributed by atoms with Crippen LogP contribution in [0.2, 0.25) is 0 Å². The summed E-state index contributed by atoms with van der Waals surface area (Å²) >= 11 is 0. The first-order valence-electron chi connectivity index (χ1n) is 8.35. The maximum atomic E-state index is 11.8. The molecular weight excluding hydrogens is 415 g/mol. The van der Waals surface area contributed by atoms with Crippen LogP contribution in [0.15, 0.2) is 29.3 Å². The minimum atomic E-state index is 0. The van der Waals surface area contributed by atoms with Gasteiger partial charge in [0.1, 0.15) is 0 Å². The fourth-order valence-electron chi connectivity index (χ4n) is 2.43. The average Bonchev–Trinajstić information content (AvgIpc) is 3.38. The smallest absolute Gasteiger partial charge is 0.253 e. The molecule has 134 valence electrons. The molecule has 0 aromatic heterocycles. The van der Waals surface area contributed by atoms with E-state index in [1.165, 1.54) is 25.7 Å². The Balaban J connectivity index is 0.00000288. The second-order valence-electron chi connectivity index (χ2n) is 6.33. The van der Waals surface area contributed by atoms with E-state index in [2.05, 4.69) is 15.6 Å². The number of halogens is 1. The Morgan fingerprint density at radius 2 is 1.88 bits per heavy atom. The summed E-state index contributed by atoms with van der Waals surface area (Å²) in [5.41, 5.74) is 1.84. The van der Waals surface area contributed by atoms with E-state index >= 15 is 0 Å². The number of nitrogens with one attached hydrogen (secondary N) is 2. The first kappa shape index (κ1) is 20.7. The van der Waals surface area contributed by atoms with Crippen LogP contribution in [0.25, 0.3) is 0 Å². The van der Waals surface area contributed by atoms with Crippen molar-refractivity contribution in [3.63, 3.8) is 0 Å². The summed E-state index contributed by atoms with van der Waals surface area (Å²) in [7, 11) is 5.31. The molecule has 0 unspecified atom stereocenters. The molecular formula is C18H29IN4O. The summed E-state index contributed by atoms with van der Waals surface area (Å²) < 4.78 is 0. The van der Waals surface area contributed by atoms with Crippen molar-refractivity contribution >= 4 is 35.8 Å². The first-order chi connectivity index (χ1) is 11.1. The number of amides is 1. The van der Waals surface area contributed by atoms with E-state index < -0.39 is 0 Å². The molecule has 1 aliphatic rings. The topological polar surface area (TPSA) is 56.7 Å². The monoisotopic (exact) mass is 444 g/mol. The summed E-state index contributed by atoms with van der Waals surface area (Å²) in [5, 5.41) is 6.65. The highest BCUT2D eigenvalue weighted by Crippen LogP contribution is 2.33. The van der Waals surface area contributed by atoms with Crippen molar-refractivity contribution in [3.05, 3.63) is 35.4 Å². The van der Waals surface area contributed by atoms with Crippen molar-refractivity contribution in [2.24, 2.45) is 10.9 Å². The number of carbonyl (C=O) groups is 1. The normalized spacial score (nSPS) is 13.9. The van der Waals surface area contributed by atoms with Gasteiger partial charge in [-0.15, -0.1) is 24.0 Å². The molecule has 0 bridgehead atoms. The molecule has 1 amide bonds. The summed E-state index contributed by atoms with van der Waals surface area (Å²) in [6, 6.07) is 7.69. The van der Waals surface area contributed by atoms with Gasteiger partial charge in [-0.1, -0.05) is 25.0 Å². The molecule has 1 fully saturated rings. The Morgan fingerprint density at radius 3 is 2.42 bits per heavy atom. The number of benzene rings is 1. The van der Waals surface area contributed by atoms with E-state index in [0.29, 0.717) is 12.1 Å². The quantitative estimate of drug-likeness (QED) is 0.294. The number of guanidine groups is 1. The van der Waals surface area contributed by atoms with Crippen molar-refractivity contribution in [1.29, 1.82) is 0 Å². The molecule has 0 saturated heterocycles. The standard InChI is InChI=1S/C18H28N4O.HI/c1-19-18(20-12-4-5-14-6-7-14)21-13-15-8-10-16(11-9-15)17(23)22(2)3;/h8-11,14H,4-7,12-13H2,1-3H3,(H2,19,20,21);1H. The number of hydrogen-bond acceptors (Lipinski definition) is 2. The minimum Gasteiger partial charge on any atom is -0.356 e. The lowest BCUT2D eigenvalue weighted by Gasteiger charge is -2.13. The van der Waals surface area contributed by atoms with E-state index in [0.717, 1.165) is 24.0 Å². The van der Waals surface area contributed by atoms with Crippen LogP contribution in [-0.4, -0.2) is 44.5 Å². The number of aliphatic imine (C=N–C) groups is 1. The van der Waals surface area contributed by atoms with Crippen LogP contribution in [0.3, 0.4) is 0 Å². The Kier molecular flexibility index (Phi) is 9.10. The number of nitrogens with zero attached hydrogens (tertiary/aromatic N) is 2. The Morgan fingerprint density at radius 1 is 1.21 bits per heavy atom. The van der Waals surface area contributed by atoms with Gasteiger partial charge in [0.05, 0.1) is 0 Å². The second-order valence-corrected chi connectivity index (χ2v) is 6.33. The molecule has 0 atom stereocenters. The van der Waals surface area contributed by atoms with Crippen LogP contribution in [0, 0.1) is 5.92 Å². The second kappa shape index (κ2) is 10.5. The van der Waals surface area contributed by atoms with Crippen LogP contribution in [0.4, 0.5) is 0 Å². The van der Waals surface area contributed by atoms with Crippen LogP contribution in [-0.2, 0) is 6.54 Å².